The molecule has 0 aliphatic heterocycles. The van der Waals surface area contributed by atoms with E-state index >= 15 is 0 Å². The van der Waals surface area contributed by atoms with Gasteiger partial charge in [0.2, 0.25) is 0 Å². The highest BCUT2D eigenvalue weighted by atomic mass is 16.6. The van der Waals surface area contributed by atoms with Gasteiger partial charge in [0.05, 0.1) is 5.69 Å². The van der Waals surface area contributed by atoms with Crippen molar-refractivity contribution in [3.63, 3.8) is 0 Å². The quantitative estimate of drug-likeness (QED) is 0.806. The van der Waals surface area contributed by atoms with Crippen molar-refractivity contribution in [1.29, 1.82) is 0 Å². The molecule has 4 heteroatoms. The summed E-state index contributed by atoms with van der Waals surface area (Å²) < 4.78 is 10.9. The standard InChI is InChI=1S/C12H20N2O2/c1-4-12(2,3)16-11-14-10(8-15-11)7-13-9-5-6-9/h8-9,13H,4-7H2,1-3H3. The van der Waals surface area contributed by atoms with Gasteiger partial charge >= 0.3 is 6.08 Å². The maximum Gasteiger partial charge on any atom is 0.394 e. The number of aromatic nitrogens is 1. The summed E-state index contributed by atoms with van der Waals surface area (Å²) in [5.41, 5.74) is 0.695. The van der Waals surface area contributed by atoms with E-state index in [2.05, 4.69) is 17.2 Å². The summed E-state index contributed by atoms with van der Waals surface area (Å²) in [6.45, 7) is 6.90. The van der Waals surface area contributed by atoms with Crippen molar-refractivity contribution in [2.45, 2.75) is 58.2 Å². The van der Waals surface area contributed by atoms with Gasteiger partial charge in [-0.3, -0.25) is 0 Å². The van der Waals surface area contributed by atoms with E-state index in [9.17, 15) is 0 Å². The Morgan fingerprint density at radius 3 is 2.94 bits per heavy atom. The summed E-state index contributed by atoms with van der Waals surface area (Å²) in [5.74, 6) is 0. The molecule has 1 aliphatic rings. The van der Waals surface area contributed by atoms with Gasteiger partial charge < -0.3 is 14.5 Å². The van der Waals surface area contributed by atoms with Crippen molar-refractivity contribution in [1.82, 2.24) is 10.3 Å². The highest BCUT2D eigenvalue weighted by Gasteiger charge is 2.22. The van der Waals surface area contributed by atoms with Crippen LogP contribution >= 0.6 is 0 Å². The topological polar surface area (TPSA) is 47.3 Å². The molecule has 4 nitrogen and oxygen atoms in total. The van der Waals surface area contributed by atoms with Crippen molar-refractivity contribution >= 4 is 0 Å². The molecule has 0 unspecified atom stereocenters. The zero-order chi connectivity index (χ0) is 11.6. The molecule has 0 radical (unpaired) electrons. The number of nitrogens with zero attached hydrogens (tertiary/aromatic N) is 1. The third-order valence-corrected chi connectivity index (χ3v) is 2.89. The van der Waals surface area contributed by atoms with E-state index in [0.717, 1.165) is 18.7 Å². The maximum absolute atomic E-state index is 5.65. The molecule has 1 aromatic heterocycles. The zero-order valence-corrected chi connectivity index (χ0v) is 10.2. The van der Waals surface area contributed by atoms with Gasteiger partial charge in [-0.05, 0) is 33.1 Å². The third-order valence-electron chi connectivity index (χ3n) is 2.89. The minimum Gasteiger partial charge on any atom is -0.444 e. The SMILES string of the molecule is CCC(C)(C)Oc1nc(CNC2CC2)co1. The zero-order valence-electron chi connectivity index (χ0n) is 10.2. The smallest absolute Gasteiger partial charge is 0.394 e. The summed E-state index contributed by atoms with van der Waals surface area (Å²) in [6.07, 6.45) is 5.52. The predicted octanol–water partition coefficient (Wildman–Crippen LogP) is 2.49. The van der Waals surface area contributed by atoms with Gasteiger partial charge in [-0.2, -0.15) is 4.98 Å². The number of ether oxygens (including phenoxy) is 1. The van der Waals surface area contributed by atoms with Gasteiger partial charge in [0.1, 0.15) is 11.9 Å². The van der Waals surface area contributed by atoms with Crippen LogP contribution in [0.2, 0.25) is 0 Å². The van der Waals surface area contributed by atoms with Gasteiger partial charge in [-0.1, -0.05) is 6.92 Å². The molecule has 0 atom stereocenters. The largest absolute Gasteiger partial charge is 0.444 e. The molecule has 0 spiro atoms. The van der Waals surface area contributed by atoms with E-state index in [1.807, 2.05) is 13.8 Å². The minimum atomic E-state index is -0.216. The van der Waals surface area contributed by atoms with Crippen LogP contribution in [-0.4, -0.2) is 16.6 Å². The van der Waals surface area contributed by atoms with Crippen LogP contribution in [0.4, 0.5) is 0 Å². The summed E-state index contributed by atoms with van der Waals surface area (Å²) in [5, 5.41) is 3.38. The normalized spacial score (nSPS) is 16.4. The second-order valence-corrected chi connectivity index (χ2v) is 4.98. The monoisotopic (exact) mass is 224 g/mol. The van der Waals surface area contributed by atoms with Gasteiger partial charge in [-0.15, -0.1) is 0 Å². The lowest BCUT2D eigenvalue weighted by molar-refractivity contribution is 0.0666. The van der Waals surface area contributed by atoms with E-state index < -0.39 is 0 Å². The molecule has 0 bridgehead atoms. The van der Waals surface area contributed by atoms with E-state index in [1.54, 1.807) is 6.26 Å². The number of hydrogen-bond acceptors (Lipinski definition) is 4. The third kappa shape index (κ3) is 3.23. The van der Waals surface area contributed by atoms with Crippen LogP contribution in [0.3, 0.4) is 0 Å². The van der Waals surface area contributed by atoms with Crippen molar-refractivity contribution in [3.8, 4) is 6.08 Å². The fourth-order valence-electron chi connectivity index (χ4n) is 1.26. The van der Waals surface area contributed by atoms with Gasteiger partial charge in [0.15, 0.2) is 0 Å². The summed E-state index contributed by atoms with van der Waals surface area (Å²) >= 11 is 0. The Morgan fingerprint density at radius 2 is 2.31 bits per heavy atom. The fraction of sp³-hybridized carbons (Fsp3) is 0.750. The lowest BCUT2D eigenvalue weighted by Gasteiger charge is -2.21. The van der Waals surface area contributed by atoms with E-state index in [1.165, 1.54) is 12.8 Å². The predicted molar refractivity (Wildman–Crippen MR) is 61.4 cm³/mol. The van der Waals surface area contributed by atoms with Crippen LogP contribution in [0, 0.1) is 0 Å². The summed E-state index contributed by atoms with van der Waals surface area (Å²) in [6, 6.07) is 0.688. The van der Waals surface area contributed by atoms with Gasteiger partial charge in [0, 0.05) is 12.6 Å². The van der Waals surface area contributed by atoms with Crippen LogP contribution in [0.25, 0.3) is 0 Å². The fourth-order valence-corrected chi connectivity index (χ4v) is 1.26. The number of oxazole rings is 1. The molecule has 1 saturated carbocycles. The van der Waals surface area contributed by atoms with E-state index in [-0.39, 0.29) is 5.60 Å². The first-order chi connectivity index (χ1) is 7.59. The molecule has 1 N–H and O–H groups in total. The molecule has 16 heavy (non-hydrogen) atoms. The Morgan fingerprint density at radius 1 is 1.56 bits per heavy atom. The van der Waals surface area contributed by atoms with Crippen LogP contribution in [0.1, 0.15) is 45.7 Å². The second kappa shape index (κ2) is 4.45. The lowest BCUT2D eigenvalue weighted by atomic mass is 10.1. The number of hydrogen-bond donors (Lipinski definition) is 1. The minimum absolute atomic E-state index is 0.216. The van der Waals surface area contributed by atoms with Crippen LogP contribution in [0.15, 0.2) is 10.7 Å². The lowest BCUT2D eigenvalue weighted by Crippen LogP contribution is -2.27. The molecule has 90 valence electrons. The van der Waals surface area contributed by atoms with Crippen LogP contribution in [-0.2, 0) is 6.54 Å². The molecular weight excluding hydrogens is 204 g/mol. The average Bonchev–Trinajstić information content (AvgIpc) is 2.97. The van der Waals surface area contributed by atoms with Gasteiger partial charge in [-0.25, -0.2) is 0 Å². The van der Waals surface area contributed by atoms with E-state index in [4.69, 9.17) is 9.15 Å². The molecule has 1 fully saturated rings. The van der Waals surface area contributed by atoms with Crippen molar-refractivity contribution in [2.24, 2.45) is 0 Å². The van der Waals surface area contributed by atoms with Crippen LogP contribution in [0.5, 0.6) is 6.08 Å². The van der Waals surface area contributed by atoms with Crippen molar-refractivity contribution in [3.05, 3.63) is 12.0 Å². The average molecular weight is 224 g/mol. The molecule has 1 aliphatic carbocycles. The van der Waals surface area contributed by atoms with E-state index in [0.29, 0.717) is 12.1 Å². The van der Waals surface area contributed by atoms with Crippen LogP contribution < -0.4 is 10.1 Å². The summed E-state index contributed by atoms with van der Waals surface area (Å²) in [4.78, 5) is 4.29. The number of nitrogens with one attached hydrogen (secondary N) is 1. The molecule has 1 aromatic rings. The second-order valence-electron chi connectivity index (χ2n) is 4.98. The summed E-state index contributed by atoms with van der Waals surface area (Å²) in [7, 11) is 0. The Balaban J connectivity index is 1.85. The molecule has 0 saturated heterocycles. The maximum atomic E-state index is 5.65. The molecular formula is C12H20N2O2. The van der Waals surface area contributed by atoms with Gasteiger partial charge in [0.25, 0.3) is 0 Å². The molecule has 0 amide bonds. The Bertz CT molecular complexity index is 343. The Hall–Kier alpha value is -1.03. The number of rotatable bonds is 6. The molecule has 2 rings (SSSR count). The first kappa shape index (κ1) is 11.5. The first-order valence-corrected chi connectivity index (χ1v) is 5.96. The highest BCUT2D eigenvalue weighted by molar-refractivity contribution is 5.01. The highest BCUT2D eigenvalue weighted by Crippen LogP contribution is 2.21. The molecule has 1 heterocycles. The first-order valence-electron chi connectivity index (χ1n) is 5.96. The molecule has 0 aromatic carbocycles. The Kier molecular flexibility index (Phi) is 3.19. The Labute approximate surface area is 96.4 Å². The van der Waals surface area contributed by atoms with Crippen molar-refractivity contribution in [2.75, 3.05) is 0 Å². The van der Waals surface area contributed by atoms with Crippen molar-refractivity contribution < 1.29 is 9.15 Å².